The molecule has 4 bridgehead atoms. The van der Waals surface area contributed by atoms with Crippen molar-refractivity contribution in [2.45, 2.75) is 155 Å². The number of amides is 1. The Hall–Kier alpha value is -0.530. The maximum absolute atomic E-state index is 13.8. The molecule has 0 heterocycles. The van der Waals surface area contributed by atoms with E-state index in [-0.39, 0.29) is 5.54 Å². The quantitative estimate of drug-likeness (QED) is 0.198. The molecule has 1 amide bonds. The fraction of sp³-hybridized carbons (Fsp3) is 0.968. The maximum atomic E-state index is 13.8. The number of nitrogens with zero attached hydrogens (tertiary/aromatic N) is 1. The Labute approximate surface area is 207 Å². The molecule has 0 spiro atoms. The van der Waals surface area contributed by atoms with Gasteiger partial charge in [-0.1, -0.05) is 90.4 Å². The lowest BCUT2D eigenvalue weighted by atomic mass is 9.51. The van der Waals surface area contributed by atoms with Crippen LogP contribution >= 0.6 is 0 Å². The zero-order chi connectivity index (χ0) is 23.7. The maximum Gasteiger partial charge on any atom is 0.226 e. The minimum atomic E-state index is 0.0122. The zero-order valence-electron chi connectivity index (χ0n) is 22.9. The van der Waals surface area contributed by atoms with E-state index in [0.717, 1.165) is 24.8 Å². The SMILES string of the molecule is CCCCCCCCCCCCCCCC(C)(C)N(CC)C(=O)C1C2CC3CC(C2)CC1C3. The first-order valence-corrected chi connectivity index (χ1v) is 15.3. The van der Waals surface area contributed by atoms with Crippen LogP contribution in [-0.2, 0) is 4.79 Å². The van der Waals surface area contributed by atoms with Gasteiger partial charge in [-0.15, -0.1) is 0 Å². The summed E-state index contributed by atoms with van der Waals surface area (Å²) >= 11 is 0. The van der Waals surface area contributed by atoms with Gasteiger partial charge in [-0.05, 0) is 83.0 Å². The average Bonchev–Trinajstić information content (AvgIpc) is 2.76. The van der Waals surface area contributed by atoms with Gasteiger partial charge in [-0.25, -0.2) is 0 Å². The van der Waals surface area contributed by atoms with Crippen LogP contribution in [-0.4, -0.2) is 22.9 Å². The normalized spacial score (nSPS) is 28.4. The van der Waals surface area contributed by atoms with Gasteiger partial charge < -0.3 is 4.90 Å². The number of rotatable bonds is 17. The van der Waals surface area contributed by atoms with E-state index in [2.05, 4.69) is 32.6 Å². The minimum absolute atomic E-state index is 0.0122. The lowest BCUT2D eigenvalue weighted by molar-refractivity contribution is -0.154. The lowest BCUT2D eigenvalue weighted by Gasteiger charge is -2.55. The molecule has 2 nitrogen and oxygen atoms in total. The lowest BCUT2D eigenvalue weighted by Crippen LogP contribution is -2.56. The van der Waals surface area contributed by atoms with Gasteiger partial charge in [0.05, 0.1) is 0 Å². The fourth-order valence-corrected chi connectivity index (χ4v) is 8.10. The molecule has 0 N–H and O–H groups in total. The molecule has 33 heavy (non-hydrogen) atoms. The molecular formula is C31H57NO. The summed E-state index contributed by atoms with van der Waals surface area (Å²) in [7, 11) is 0. The standard InChI is InChI=1S/C31H57NO/c1-5-7-8-9-10-11-12-13-14-15-16-17-18-19-31(3,4)32(6-2)30(33)29-27-21-25-20-26(23-27)24-28(29)22-25/h25-29H,5-24H2,1-4H3. The summed E-state index contributed by atoms with van der Waals surface area (Å²) in [6, 6.07) is 0. The first kappa shape index (κ1) is 27.1. The van der Waals surface area contributed by atoms with E-state index in [9.17, 15) is 4.79 Å². The molecule has 0 unspecified atom stereocenters. The van der Waals surface area contributed by atoms with E-state index >= 15 is 0 Å². The van der Waals surface area contributed by atoms with E-state index in [1.165, 1.54) is 116 Å². The van der Waals surface area contributed by atoms with Crippen LogP contribution in [0.2, 0.25) is 0 Å². The largest absolute Gasteiger partial charge is 0.338 e. The third-order valence-electron chi connectivity index (χ3n) is 9.72. The van der Waals surface area contributed by atoms with E-state index in [1.54, 1.807) is 0 Å². The summed E-state index contributed by atoms with van der Waals surface area (Å²) in [5, 5.41) is 0. The summed E-state index contributed by atoms with van der Waals surface area (Å²) in [5.74, 6) is 4.18. The topological polar surface area (TPSA) is 20.3 Å². The second-order valence-corrected chi connectivity index (χ2v) is 12.8. The van der Waals surface area contributed by atoms with Crippen molar-refractivity contribution in [2.75, 3.05) is 6.54 Å². The Morgan fingerprint density at radius 2 is 1.09 bits per heavy atom. The van der Waals surface area contributed by atoms with Crippen LogP contribution in [0, 0.1) is 29.6 Å². The van der Waals surface area contributed by atoms with Crippen LogP contribution in [0.3, 0.4) is 0 Å². The summed E-state index contributed by atoms with van der Waals surface area (Å²) in [6.07, 6.45) is 26.3. The van der Waals surface area contributed by atoms with Gasteiger partial charge in [0.15, 0.2) is 0 Å². The van der Waals surface area contributed by atoms with Crippen molar-refractivity contribution in [2.24, 2.45) is 29.6 Å². The molecular weight excluding hydrogens is 402 g/mol. The first-order valence-electron chi connectivity index (χ1n) is 15.3. The van der Waals surface area contributed by atoms with Crippen molar-refractivity contribution in [3.05, 3.63) is 0 Å². The molecule has 192 valence electrons. The van der Waals surface area contributed by atoms with E-state index < -0.39 is 0 Å². The van der Waals surface area contributed by atoms with Gasteiger partial charge in [0.1, 0.15) is 0 Å². The Morgan fingerprint density at radius 3 is 1.52 bits per heavy atom. The molecule has 0 aromatic heterocycles. The third kappa shape index (κ3) is 7.73. The molecule has 0 aliphatic heterocycles. The number of hydrogen-bond donors (Lipinski definition) is 0. The third-order valence-corrected chi connectivity index (χ3v) is 9.72. The molecule has 0 aromatic rings. The summed E-state index contributed by atoms with van der Waals surface area (Å²) in [4.78, 5) is 16.1. The first-order chi connectivity index (χ1) is 16.0. The van der Waals surface area contributed by atoms with Gasteiger partial charge in [-0.2, -0.15) is 0 Å². The molecule has 0 atom stereocenters. The molecule has 2 heteroatoms. The van der Waals surface area contributed by atoms with Crippen molar-refractivity contribution in [1.82, 2.24) is 4.90 Å². The highest BCUT2D eigenvalue weighted by molar-refractivity contribution is 5.80. The summed E-state index contributed by atoms with van der Waals surface area (Å²) in [6.45, 7) is 10.1. The number of carbonyl (C=O) groups is 1. The van der Waals surface area contributed by atoms with Crippen LogP contribution in [0.4, 0.5) is 0 Å². The summed E-state index contributed by atoms with van der Waals surface area (Å²) in [5.41, 5.74) is 0.0122. The number of unbranched alkanes of at least 4 members (excludes halogenated alkanes) is 12. The molecule has 4 fully saturated rings. The van der Waals surface area contributed by atoms with Gasteiger partial charge in [0.25, 0.3) is 0 Å². The van der Waals surface area contributed by atoms with Crippen LogP contribution < -0.4 is 0 Å². The predicted octanol–water partition coefficient (Wildman–Crippen LogP) is 9.17. The highest BCUT2D eigenvalue weighted by atomic mass is 16.2. The Morgan fingerprint density at radius 1 is 0.667 bits per heavy atom. The monoisotopic (exact) mass is 459 g/mol. The van der Waals surface area contributed by atoms with Crippen LogP contribution in [0.1, 0.15) is 150 Å². The Bertz CT molecular complexity index is 539. The zero-order valence-corrected chi connectivity index (χ0v) is 22.9. The Kier molecular flexibility index (Phi) is 11.1. The van der Waals surface area contributed by atoms with Crippen molar-refractivity contribution in [3.8, 4) is 0 Å². The second kappa shape index (κ2) is 13.5. The van der Waals surface area contributed by atoms with Crippen molar-refractivity contribution >= 4 is 5.91 Å². The Balaban J connectivity index is 1.29. The van der Waals surface area contributed by atoms with Crippen LogP contribution in [0.5, 0.6) is 0 Å². The van der Waals surface area contributed by atoms with Crippen molar-refractivity contribution in [1.29, 1.82) is 0 Å². The van der Waals surface area contributed by atoms with Crippen molar-refractivity contribution in [3.63, 3.8) is 0 Å². The predicted molar refractivity (Wildman–Crippen MR) is 142 cm³/mol. The molecule has 4 aliphatic rings. The van der Waals surface area contributed by atoms with Crippen LogP contribution in [0.15, 0.2) is 0 Å². The molecule has 0 radical (unpaired) electrons. The summed E-state index contributed by atoms with van der Waals surface area (Å²) < 4.78 is 0. The van der Waals surface area contributed by atoms with Gasteiger partial charge in [0.2, 0.25) is 5.91 Å². The van der Waals surface area contributed by atoms with E-state index in [1.807, 2.05) is 0 Å². The van der Waals surface area contributed by atoms with E-state index in [0.29, 0.717) is 23.7 Å². The molecule has 4 aliphatic carbocycles. The average molecular weight is 460 g/mol. The second-order valence-electron chi connectivity index (χ2n) is 12.8. The highest BCUT2D eigenvalue weighted by Gasteiger charge is 2.52. The van der Waals surface area contributed by atoms with Gasteiger partial charge >= 0.3 is 0 Å². The molecule has 0 saturated heterocycles. The van der Waals surface area contributed by atoms with Crippen molar-refractivity contribution < 1.29 is 4.79 Å². The highest BCUT2D eigenvalue weighted by Crippen LogP contribution is 2.57. The molecule has 4 saturated carbocycles. The smallest absolute Gasteiger partial charge is 0.226 e. The minimum Gasteiger partial charge on any atom is -0.338 e. The molecule has 4 rings (SSSR count). The van der Waals surface area contributed by atoms with Crippen LogP contribution in [0.25, 0.3) is 0 Å². The van der Waals surface area contributed by atoms with Gasteiger partial charge in [-0.3, -0.25) is 4.79 Å². The van der Waals surface area contributed by atoms with E-state index in [4.69, 9.17) is 0 Å². The fourth-order valence-electron chi connectivity index (χ4n) is 8.10. The number of carbonyl (C=O) groups excluding carboxylic acids is 1. The van der Waals surface area contributed by atoms with Gasteiger partial charge in [0, 0.05) is 18.0 Å². The number of hydrogen-bond acceptors (Lipinski definition) is 1. The molecule has 0 aromatic carbocycles.